The lowest BCUT2D eigenvalue weighted by Crippen LogP contribution is -2.57. The molecule has 0 aromatic rings. The number of hydrogen-bond donors (Lipinski definition) is 1. The summed E-state index contributed by atoms with van der Waals surface area (Å²) in [6.07, 6.45) is -1.78. The van der Waals surface area contributed by atoms with Gasteiger partial charge in [0.25, 0.3) is 5.72 Å². The minimum absolute atomic E-state index is 0.115. The third-order valence-electron chi connectivity index (χ3n) is 3.74. The smallest absolute Gasteiger partial charge is 0.362 e. The maximum absolute atomic E-state index is 13.0. The number of carbonyl (C=O) groups is 1. The molecule has 0 aromatic carbocycles. The molecule has 1 aliphatic carbocycles. The summed E-state index contributed by atoms with van der Waals surface area (Å²) in [6.45, 7) is 1.38. The number of hydrazone groups is 1. The van der Waals surface area contributed by atoms with Gasteiger partial charge in [-0.1, -0.05) is 19.3 Å². The van der Waals surface area contributed by atoms with Crippen LogP contribution in [0.2, 0.25) is 0 Å². The van der Waals surface area contributed by atoms with Crippen molar-refractivity contribution in [2.45, 2.75) is 57.3 Å². The largest absolute Gasteiger partial charge is 0.438 e. The van der Waals surface area contributed by atoms with Crippen LogP contribution in [0.5, 0.6) is 0 Å². The van der Waals surface area contributed by atoms with Crippen molar-refractivity contribution in [3.63, 3.8) is 0 Å². The third kappa shape index (κ3) is 2.48. The highest BCUT2D eigenvalue weighted by molar-refractivity contribution is 5.89. The molecule has 1 N–H and O–H groups in total. The van der Waals surface area contributed by atoms with Crippen molar-refractivity contribution in [2.75, 3.05) is 0 Å². The Kier molecular flexibility index (Phi) is 3.59. The summed E-state index contributed by atoms with van der Waals surface area (Å²) in [5.74, 6) is -1.17. The second kappa shape index (κ2) is 4.77. The lowest BCUT2D eigenvalue weighted by atomic mass is 9.88. The first kappa shape index (κ1) is 14.3. The van der Waals surface area contributed by atoms with E-state index in [1.165, 1.54) is 6.92 Å². The number of rotatable bonds is 1. The van der Waals surface area contributed by atoms with E-state index in [1.807, 2.05) is 0 Å². The normalized spacial score (nSPS) is 29.5. The molecule has 0 spiro atoms. The molecule has 1 atom stereocenters. The first-order valence-corrected chi connectivity index (χ1v) is 6.43. The second-order valence-electron chi connectivity index (χ2n) is 5.31. The van der Waals surface area contributed by atoms with Crippen molar-refractivity contribution in [3.05, 3.63) is 0 Å². The van der Waals surface area contributed by atoms with Crippen LogP contribution in [0.15, 0.2) is 5.10 Å². The van der Waals surface area contributed by atoms with Gasteiger partial charge >= 0.3 is 6.18 Å². The van der Waals surface area contributed by atoms with Gasteiger partial charge in [0.2, 0.25) is 5.91 Å². The zero-order valence-electron chi connectivity index (χ0n) is 10.7. The Balaban J connectivity index is 2.23. The molecule has 1 fully saturated rings. The van der Waals surface area contributed by atoms with Crippen molar-refractivity contribution in [1.82, 2.24) is 5.01 Å². The number of nitrogens with zero attached hydrogens (tertiary/aromatic N) is 2. The summed E-state index contributed by atoms with van der Waals surface area (Å²) >= 11 is 0. The zero-order valence-corrected chi connectivity index (χ0v) is 10.7. The van der Waals surface area contributed by atoms with Crippen molar-refractivity contribution in [3.8, 4) is 0 Å². The number of hydrogen-bond acceptors (Lipinski definition) is 3. The molecule has 1 saturated carbocycles. The summed E-state index contributed by atoms with van der Waals surface area (Å²) in [5.41, 5.74) is -3.06. The van der Waals surface area contributed by atoms with E-state index >= 15 is 0 Å². The number of halogens is 3. The number of amides is 1. The van der Waals surface area contributed by atoms with Crippen molar-refractivity contribution < 1.29 is 23.1 Å². The molecule has 2 rings (SSSR count). The van der Waals surface area contributed by atoms with E-state index in [0.29, 0.717) is 12.8 Å². The SMILES string of the molecule is CC1=NN(C(=O)C2CCCCC2)[C@@](O)(C(F)(F)F)C1. The molecule has 0 radical (unpaired) electrons. The van der Waals surface area contributed by atoms with Crippen LogP contribution in [0.25, 0.3) is 0 Å². The van der Waals surface area contributed by atoms with Gasteiger partial charge in [-0.3, -0.25) is 4.79 Å². The Morgan fingerprint density at radius 2 is 1.95 bits per heavy atom. The fraction of sp³-hybridized carbons (Fsp3) is 0.833. The Morgan fingerprint density at radius 1 is 1.37 bits per heavy atom. The summed E-state index contributed by atoms with van der Waals surface area (Å²) in [7, 11) is 0. The second-order valence-corrected chi connectivity index (χ2v) is 5.31. The number of carbonyl (C=O) groups excluding carboxylic acids is 1. The Labute approximate surface area is 109 Å². The van der Waals surface area contributed by atoms with E-state index in [-0.39, 0.29) is 10.7 Å². The van der Waals surface area contributed by atoms with Crippen LogP contribution in [0.4, 0.5) is 13.2 Å². The quantitative estimate of drug-likeness (QED) is 0.801. The molecule has 0 saturated heterocycles. The fourth-order valence-electron chi connectivity index (χ4n) is 2.69. The van der Waals surface area contributed by atoms with Crippen LogP contribution in [0.3, 0.4) is 0 Å². The Bertz CT molecular complexity index is 402. The maximum atomic E-state index is 13.0. The molecule has 108 valence electrons. The molecule has 1 amide bonds. The first-order chi connectivity index (χ1) is 8.75. The molecule has 2 aliphatic rings. The van der Waals surface area contributed by atoms with Crippen LogP contribution < -0.4 is 0 Å². The van der Waals surface area contributed by atoms with E-state index in [1.54, 1.807) is 0 Å². The van der Waals surface area contributed by atoms with Crippen molar-refractivity contribution >= 4 is 11.6 Å². The molecule has 1 heterocycles. The van der Waals surface area contributed by atoms with Gasteiger partial charge in [0, 0.05) is 18.1 Å². The molecule has 19 heavy (non-hydrogen) atoms. The van der Waals surface area contributed by atoms with Gasteiger partial charge in [0.05, 0.1) is 0 Å². The molecule has 0 aromatic heterocycles. The molecule has 7 heteroatoms. The minimum Gasteiger partial charge on any atom is -0.362 e. The first-order valence-electron chi connectivity index (χ1n) is 6.43. The van der Waals surface area contributed by atoms with Gasteiger partial charge in [-0.25, -0.2) is 0 Å². The van der Waals surface area contributed by atoms with Crippen LogP contribution in [0.1, 0.15) is 45.4 Å². The van der Waals surface area contributed by atoms with Gasteiger partial charge in [0.15, 0.2) is 0 Å². The summed E-state index contributed by atoms with van der Waals surface area (Å²) in [5, 5.41) is 13.7. The predicted octanol–water partition coefficient (Wildman–Crippen LogP) is 2.43. The summed E-state index contributed by atoms with van der Waals surface area (Å²) in [4.78, 5) is 12.2. The van der Waals surface area contributed by atoms with E-state index in [4.69, 9.17) is 0 Å². The zero-order chi connectivity index (χ0) is 14.3. The standard InChI is InChI=1S/C12H17F3N2O2/c1-8-7-11(19,12(13,14)15)17(16-8)10(18)9-5-3-2-4-6-9/h9,19H,2-7H2,1H3/t11-/m0/s1. The topological polar surface area (TPSA) is 52.9 Å². The van der Waals surface area contributed by atoms with Crippen molar-refractivity contribution in [2.24, 2.45) is 11.0 Å². The van der Waals surface area contributed by atoms with Gasteiger partial charge in [-0.15, -0.1) is 0 Å². The Hall–Kier alpha value is -1.11. The lowest BCUT2D eigenvalue weighted by Gasteiger charge is -2.35. The van der Waals surface area contributed by atoms with Gasteiger partial charge in [-0.2, -0.15) is 23.3 Å². The fourth-order valence-corrected chi connectivity index (χ4v) is 2.69. The van der Waals surface area contributed by atoms with E-state index in [2.05, 4.69) is 5.10 Å². The van der Waals surface area contributed by atoms with Crippen LogP contribution >= 0.6 is 0 Å². The Morgan fingerprint density at radius 3 is 2.47 bits per heavy atom. The lowest BCUT2D eigenvalue weighted by molar-refractivity contribution is -0.303. The van der Waals surface area contributed by atoms with Crippen LogP contribution in [-0.2, 0) is 4.79 Å². The average molecular weight is 278 g/mol. The highest BCUT2D eigenvalue weighted by Gasteiger charge is 2.63. The molecular weight excluding hydrogens is 261 g/mol. The van der Waals surface area contributed by atoms with E-state index in [0.717, 1.165) is 19.3 Å². The summed E-state index contributed by atoms with van der Waals surface area (Å²) < 4.78 is 38.9. The van der Waals surface area contributed by atoms with Gasteiger partial charge < -0.3 is 5.11 Å². The van der Waals surface area contributed by atoms with E-state index < -0.39 is 30.1 Å². The molecule has 0 unspecified atom stereocenters. The van der Waals surface area contributed by atoms with Gasteiger partial charge in [-0.05, 0) is 19.8 Å². The third-order valence-corrected chi connectivity index (χ3v) is 3.74. The highest BCUT2D eigenvalue weighted by Crippen LogP contribution is 2.41. The van der Waals surface area contributed by atoms with E-state index in [9.17, 15) is 23.1 Å². The highest BCUT2D eigenvalue weighted by atomic mass is 19.4. The number of alkyl halides is 3. The van der Waals surface area contributed by atoms with Gasteiger partial charge in [0.1, 0.15) is 0 Å². The van der Waals surface area contributed by atoms with Crippen molar-refractivity contribution in [1.29, 1.82) is 0 Å². The number of aliphatic hydroxyl groups is 1. The monoisotopic (exact) mass is 278 g/mol. The molecule has 1 aliphatic heterocycles. The summed E-state index contributed by atoms with van der Waals surface area (Å²) in [6, 6.07) is 0. The average Bonchev–Trinajstić information content (AvgIpc) is 2.65. The van der Waals surface area contributed by atoms with Crippen LogP contribution in [0, 0.1) is 5.92 Å². The predicted molar refractivity (Wildman–Crippen MR) is 62.2 cm³/mol. The molecule has 4 nitrogen and oxygen atoms in total. The molecule has 0 bridgehead atoms. The maximum Gasteiger partial charge on any atom is 0.438 e. The molecular formula is C12H17F3N2O2. The minimum atomic E-state index is -4.90. The van der Waals surface area contributed by atoms with Crippen LogP contribution in [-0.4, -0.2) is 33.6 Å².